The average molecular weight is 629 g/mol. The number of aryl methyl sites for hydroxylation is 1. The van der Waals surface area contributed by atoms with Crippen LogP contribution in [0, 0.1) is 18.6 Å². The number of anilines is 1. The Bertz CT molecular complexity index is 2040. The average Bonchev–Trinajstić information content (AvgIpc) is 3.89. The van der Waals surface area contributed by atoms with Crippen LogP contribution in [0.5, 0.6) is 28.9 Å². The molecule has 236 valence electrons. The summed E-state index contributed by atoms with van der Waals surface area (Å²) in [7, 11) is 2.89. The van der Waals surface area contributed by atoms with Gasteiger partial charge in [0, 0.05) is 35.0 Å². The molecule has 0 atom stereocenters. The van der Waals surface area contributed by atoms with Crippen molar-refractivity contribution in [1.82, 2.24) is 14.5 Å². The van der Waals surface area contributed by atoms with Crippen LogP contribution in [0.15, 0.2) is 65.7 Å². The third-order valence-corrected chi connectivity index (χ3v) is 7.63. The quantitative estimate of drug-likeness (QED) is 0.182. The first-order chi connectivity index (χ1) is 22.2. The molecule has 46 heavy (non-hydrogen) atoms. The Labute approximate surface area is 262 Å². The van der Waals surface area contributed by atoms with Crippen molar-refractivity contribution in [2.45, 2.75) is 32.6 Å². The Morgan fingerprint density at radius 1 is 0.957 bits per heavy atom. The lowest BCUT2D eigenvalue weighted by atomic mass is 10.1. The van der Waals surface area contributed by atoms with E-state index in [0.717, 1.165) is 36.4 Å². The van der Waals surface area contributed by atoms with E-state index in [1.54, 1.807) is 24.4 Å². The predicted octanol–water partition coefficient (Wildman–Crippen LogP) is 6.71. The highest BCUT2D eigenvalue weighted by molar-refractivity contribution is 6.04. The van der Waals surface area contributed by atoms with Crippen LogP contribution in [0.25, 0.3) is 16.6 Å². The molecule has 0 spiro atoms. The first-order valence-corrected chi connectivity index (χ1v) is 14.6. The zero-order valence-electron chi connectivity index (χ0n) is 25.5. The summed E-state index contributed by atoms with van der Waals surface area (Å²) in [6.07, 6.45) is 4.39. The van der Waals surface area contributed by atoms with Crippen LogP contribution >= 0.6 is 0 Å². The topological polar surface area (TPSA) is 114 Å². The second-order valence-electron chi connectivity index (χ2n) is 10.7. The van der Waals surface area contributed by atoms with E-state index in [9.17, 15) is 14.0 Å². The number of rotatable bonds is 10. The normalized spacial score (nSPS) is 12.6. The van der Waals surface area contributed by atoms with Gasteiger partial charge in [0.1, 0.15) is 5.56 Å². The van der Waals surface area contributed by atoms with Gasteiger partial charge in [-0.1, -0.05) is 0 Å². The minimum atomic E-state index is -0.875. The summed E-state index contributed by atoms with van der Waals surface area (Å²) >= 11 is 0. The largest absolute Gasteiger partial charge is 0.493 e. The predicted molar refractivity (Wildman–Crippen MR) is 167 cm³/mol. The van der Waals surface area contributed by atoms with Gasteiger partial charge in [0.25, 0.3) is 11.5 Å². The third-order valence-electron chi connectivity index (χ3n) is 7.63. The van der Waals surface area contributed by atoms with E-state index in [2.05, 4.69) is 15.3 Å². The van der Waals surface area contributed by atoms with Gasteiger partial charge >= 0.3 is 0 Å². The number of carbonyl (C=O) groups excluding carboxylic acids is 1. The maximum Gasteiger partial charge on any atom is 0.268 e. The molecule has 1 aliphatic rings. The minimum absolute atomic E-state index is 0.0671. The number of aromatic nitrogens is 3. The maximum absolute atomic E-state index is 15.3. The van der Waals surface area contributed by atoms with Gasteiger partial charge in [0.15, 0.2) is 34.6 Å². The number of carbonyl (C=O) groups is 1. The molecular weight excluding hydrogens is 598 g/mol. The Morgan fingerprint density at radius 3 is 2.39 bits per heavy atom. The van der Waals surface area contributed by atoms with Crippen LogP contribution in [0.1, 0.15) is 47.3 Å². The lowest BCUT2D eigenvalue weighted by Gasteiger charge is -2.17. The molecule has 0 unspecified atom stereocenters. The summed E-state index contributed by atoms with van der Waals surface area (Å²) in [6.45, 7) is 4.15. The van der Waals surface area contributed by atoms with Gasteiger partial charge in [-0.05, 0) is 68.5 Å². The number of amides is 1. The van der Waals surface area contributed by atoms with Crippen LogP contribution in [-0.2, 0) is 0 Å². The van der Waals surface area contributed by atoms with Gasteiger partial charge in [-0.15, -0.1) is 0 Å². The number of hydrogen-bond donors (Lipinski definition) is 1. The molecule has 12 heteroatoms. The highest BCUT2D eigenvalue weighted by atomic mass is 19.1. The fraction of sp³-hybridized carbons (Fsp3) is 0.235. The molecule has 0 bridgehead atoms. The standard InChI is InChI=1S/C34H30F2N4O6/c1-5-45-31-12-18(2)27(17-38-31)40-26(19-6-7-19)10-9-21(34(40)42)33(41)39-20-8-11-28(23(35)13-20)46-32-22-14-29(43-3)30(44-4)15-25(22)37-16-24(32)36/h8-17,19H,5-7H2,1-4H3,(H,39,41). The zero-order valence-corrected chi connectivity index (χ0v) is 25.5. The van der Waals surface area contributed by atoms with Crippen molar-refractivity contribution in [1.29, 1.82) is 0 Å². The molecular formula is C34H30F2N4O6. The monoisotopic (exact) mass is 628 g/mol. The SMILES string of the molecule is CCOc1cc(C)c(-n2c(C3CC3)ccc(C(=O)Nc3ccc(Oc4c(F)cnc5cc(OC)c(OC)cc45)c(F)c3)c2=O)cn1. The number of benzene rings is 2. The molecule has 6 rings (SSSR count). The summed E-state index contributed by atoms with van der Waals surface area (Å²) in [5.74, 6) is -1.66. The number of nitrogens with zero attached hydrogens (tertiary/aromatic N) is 3. The summed E-state index contributed by atoms with van der Waals surface area (Å²) in [4.78, 5) is 35.5. The van der Waals surface area contributed by atoms with Gasteiger partial charge < -0.3 is 24.3 Å². The number of methoxy groups -OCH3 is 2. The smallest absolute Gasteiger partial charge is 0.268 e. The number of ether oxygens (including phenoxy) is 4. The second kappa shape index (κ2) is 12.5. The summed E-state index contributed by atoms with van der Waals surface area (Å²) < 4.78 is 53.4. The lowest BCUT2D eigenvalue weighted by Crippen LogP contribution is -2.30. The van der Waals surface area contributed by atoms with E-state index in [1.165, 1.54) is 43.1 Å². The molecule has 10 nitrogen and oxygen atoms in total. The molecule has 3 heterocycles. The molecule has 1 N–H and O–H groups in total. The van der Waals surface area contributed by atoms with Gasteiger partial charge in [-0.2, -0.15) is 0 Å². The van der Waals surface area contributed by atoms with Crippen LogP contribution in [0.4, 0.5) is 14.5 Å². The van der Waals surface area contributed by atoms with Crippen LogP contribution < -0.4 is 29.8 Å². The Balaban J connectivity index is 1.28. The van der Waals surface area contributed by atoms with Crippen molar-refractivity contribution in [3.05, 3.63) is 99.7 Å². The van der Waals surface area contributed by atoms with Crippen molar-refractivity contribution in [3.63, 3.8) is 0 Å². The second-order valence-corrected chi connectivity index (χ2v) is 10.7. The van der Waals surface area contributed by atoms with Gasteiger partial charge in [0.2, 0.25) is 5.88 Å². The summed E-state index contributed by atoms with van der Waals surface area (Å²) in [5.41, 5.74) is 1.84. The van der Waals surface area contributed by atoms with Crippen molar-refractivity contribution in [2.75, 3.05) is 26.1 Å². The van der Waals surface area contributed by atoms with E-state index in [1.807, 2.05) is 13.8 Å². The zero-order chi connectivity index (χ0) is 32.5. The number of halogens is 2. The Hall–Kier alpha value is -5.52. The molecule has 3 aromatic heterocycles. The van der Waals surface area contributed by atoms with Gasteiger partial charge in [-0.3, -0.25) is 19.1 Å². The molecule has 0 aliphatic heterocycles. The molecule has 0 saturated heterocycles. The molecule has 1 fully saturated rings. The van der Waals surface area contributed by atoms with Gasteiger partial charge in [0.05, 0.1) is 44.4 Å². The number of pyridine rings is 3. The highest BCUT2D eigenvalue weighted by Gasteiger charge is 2.29. The fourth-order valence-corrected chi connectivity index (χ4v) is 5.20. The van der Waals surface area contributed by atoms with Crippen molar-refractivity contribution in [3.8, 4) is 34.6 Å². The van der Waals surface area contributed by atoms with E-state index in [-0.39, 0.29) is 34.1 Å². The molecule has 1 aliphatic carbocycles. The first kappa shape index (κ1) is 30.5. The highest BCUT2D eigenvalue weighted by Crippen LogP contribution is 2.41. The fourth-order valence-electron chi connectivity index (χ4n) is 5.20. The number of fused-ring (bicyclic) bond motifs is 1. The molecule has 1 amide bonds. The van der Waals surface area contributed by atoms with E-state index in [4.69, 9.17) is 18.9 Å². The van der Waals surface area contributed by atoms with Crippen molar-refractivity contribution in [2.24, 2.45) is 0 Å². The molecule has 2 aromatic carbocycles. The van der Waals surface area contributed by atoms with Gasteiger partial charge in [-0.25, -0.2) is 13.8 Å². The molecule has 0 radical (unpaired) electrons. The summed E-state index contributed by atoms with van der Waals surface area (Å²) in [6, 6.07) is 11.7. The Morgan fingerprint density at radius 2 is 1.72 bits per heavy atom. The molecule has 1 saturated carbocycles. The Kier molecular flexibility index (Phi) is 8.27. The maximum atomic E-state index is 15.3. The van der Waals surface area contributed by atoms with Crippen molar-refractivity contribution < 1.29 is 32.5 Å². The first-order valence-electron chi connectivity index (χ1n) is 14.6. The van der Waals surface area contributed by atoms with Crippen LogP contribution in [-0.4, -0.2) is 41.3 Å². The number of hydrogen-bond acceptors (Lipinski definition) is 8. The van der Waals surface area contributed by atoms with E-state index in [0.29, 0.717) is 35.2 Å². The van der Waals surface area contributed by atoms with Crippen molar-refractivity contribution >= 4 is 22.5 Å². The minimum Gasteiger partial charge on any atom is -0.493 e. The van der Waals surface area contributed by atoms with E-state index >= 15 is 4.39 Å². The molecule has 5 aromatic rings. The summed E-state index contributed by atoms with van der Waals surface area (Å²) in [5, 5.41) is 2.82. The van der Waals surface area contributed by atoms with Crippen LogP contribution in [0.3, 0.4) is 0 Å². The number of nitrogens with one attached hydrogen (secondary N) is 1. The van der Waals surface area contributed by atoms with Crippen LogP contribution in [0.2, 0.25) is 0 Å². The lowest BCUT2D eigenvalue weighted by molar-refractivity contribution is 0.102. The third kappa shape index (κ3) is 5.81. The van der Waals surface area contributed by atoms with E-state index < -0.39 is 23.1 Å².